The zero-order valence-electron chi connectivity index (χ0n) is 10.6. The van der Waals surface area contributed by atoms with Crippen molar-refractivity contribution < 1.29 is 9.90 Å². The minimum Gasteiger partial charge on any atom is -0.507 e. The third kappa shape index (κ3) is 2.52. The first-order chi connectivity index (χ1) is 9.67. The number of nitrogens with zero attached hydrogens (tertiary/aromatic N) is 3. The number of hydrogen-bond acceptors (Lipinski definition) is 4. The Hall–Kier alpha value is -3.05. The second-order valence-electron chi connectivity index (χ2n) is 4.19. The van der Waals surface area contributed by atoms with Crippen molar-refractivity contribution in [2.45, 2.75) is 0 Å². The number of amides is 1. The van der Waals surface area contributed by atoms with Crippen LogP contribution in [0.2, 0.25) is 0 Å². The van der Waals surface area contributed by atoms with Crippen LogP contribution in [0.25, 0.3) is 10.8 Å². The summed E-state index contributed by atoms with van der Waals surface area (Å²) in [7, 11) is 0. The Labute approximate surface area is 115 Å². The van der Waals surface area contributed by atoms with E-state index in [0.29, 0.717) is 0 Å². The molecule has 1 amide bonds. The van der Waals surface area contributed by atoms with Gasteiger partial charge < -0.3 is 10.0 Å². The lowest BCUT2D eigenvalue weighted by Crippen LogP contribution is -2.31. The maximum atomic E-state index is 12.3. The number of fused-ring (bicyclic) bond motifs is 1. The van der Waals surface area contributed by atoms with E-state index in [1.165, 1.54) is 6.07 Å². The number of phenols is 1. The summed E-state index contributed by atoms with van der Waals surface area (Å²) in [5, 5.41) is 28.9. The SMILES string of the molecule is N#CCN(CC#N)C(=O)c1cc2ccccc2cc1O. The normalized spacial score (nSPS) is 9.70. The average Bonchev–Trinajstić information content (AvgIpc) is 2.45. The first kappa shape index (κ1) is 13.4. The summed E-state index contributed by atoms with van der Waals surface area (Å²) in [6.45, 7) is -0.392. The molecule has 20 heavy (non-hydrogen) atoms. The summed E-state index contributed by atoms with van der Waals surface area (Å²) < 4.78 is 0. The molecule has 0 unspecified atom stereocenters. The number of nitriles is 2. The summed E-state index contributed by atoms with van der Waals surface area (Å²) >= 11 is 0. The molecule has 0 atom stereocenters. The Morgan fingerprint density at radius 2 is 1.65 bits per heavy atom. The second kappa shape index (κ2) is 5.73. The molecular formula is C15H11N3O2. The monoisotopic (exact) mass is 265 g/mol. The molecule has 0 radical (unpaired) electrons. The lowest BCUT2D eigenvalue weighted by molar-refractivity contribution is 0.0792. The Balaban J connectivity index is 2.46. The maximum absolute atomic E-state index is 12.3. The van der Waals surface area contributed by atoms with Crippen molar-refractivity contribution in [2.24, 2.45) is 0 Å². The molecule has 2 aromatic rings. The molecule has 0 aliphatic heterocycles. The number of phenolic OH excluding ortho intramolecular Hbond substituents is 1. The van der Waals surface area contributed by atoms with Gasteiger partial charge in [0, 0.05) is 0 Å². The van der Waals surface area contributed by atoms with E-state index in [1.54, 1.807) is 6.07 Å². The fourth-order valence-electron chi connectivity index (χ4n) is 1.94. The molecule has 0 aromatic heterocycles. The van der Waals surface area contributed by atoms with Gasteiger partial charge in [-0.2, -0.15) is 10.5 Å². The lowest BCUT2D eigenvalue weighted by atomic mass is 10.0. The molecule has 0 saturated heterocycles. The van der Waals surface area contributed by atoms with Gasteiger partial charge in [0.15, 0.2) is 0 Å². The van der Waals surface area contributed by atoms with E-state index in [1.807, 2.05) is 36.4 Å². The van der Waals surface area contributed by atoms with Crippen LogP contribution in [0.1, 0.15) is 10.4 Å². The summed E-state index contributed by atoms with van der Waals surface area (Å²) in [4.78, 5) is 13.3. The zero-order chi connectivity index (χ0) is 14.5. The van der Waals surface area contributed by atoms with Crippen LogP contribution in [0.4, 0.5) is 0 Å². The van der Waals surface area contributed by atoms with Crippen molar-refractivity contribution in [1.29, 1.82) is 10.5 Å². The van der Waals surface area contributed by atoms with E-state index >= 15 is 0 Å². The Morgan fingerprint density at radius 3 is 2.20 bits per heavy atom. The molecule has 5 heteroatoms. The van der Waals surface area contributed by atoms with Gasteiger partial charge in [-0.1, -0.05) is 24.3 Å². The number of carbonyl (C=O) groups is 1. The van der Waals surface area contributed by atoms with Gasteiger partial charge in [0.1, 0.15) is 18.8 Å². The fraction of sp³-hybridized carbons (Fsp3) is 0.133. The van der Waals surface area contributed by atoms with Crippen LogP contribution in [-0.2, 0) is 0 Å². The maximum Gasteiger partial charge on any atom is 0.259 e. The van der Waals surface area contributed by atoms with Crippen LogP contribution < -0.4 is 0 Å². The van der Waals surface area contributed by atoms with Gasteiger partial charge in [-0.15, -0.1) is 0 Å². The highest BCUT2D eigenvalue weighted by Gasteiger charge is 2.19. The average molecular weight is 265 g/mol. The molecule has 0 fully saturated rings. The molecule has 2 aromatic carbocycles. The van der Waals surface area contributed by atoms with Crippen molar-refractivity contribution in [3.8, 4) is 17.9 Å². The standard InChI is InChI=1S/C15H11N3O2/c16-5-7-18(8-6-17)15(20)13-9-11-3-1-2-4-12(11)10-14(13)19/h1-4,9-10,19H,7-8H2. The molecule has 2 rings (SSSR count). The molecule has 98 valence electrons. The zero-order valence-corrected chi connectivity index (χ0v) is 10.6. The first-order valence-corrected chi connectivity index (χ1v) is 5.92. The molecule has 0 heterocycles. The van der Waals surface area contributed by atoms with Crippen molar-refractivity contribution >= 4 is 16.7 Å². The molecular weight excluding hydrogens is 254 g/mol. The Bertz CT molecular complexity index is 725. The van der Waals surface area contributed by atoms with Crippen LogP contribution in [0.5, 0.6) is 5.75 Å². The van der Waals surface area contributed by atoms with E-state index in [4.69, 9.17) is 10.5 Å². The van der Waals surface area contributed by atoms with Gasteiger partial charge in [-0.3, -0.25) is 4.79 Å². The van der Waals surface area contributed by atoms with E-state index in [0.717, 1.165) is 15.7 Å². The third-order valence-corrected chi connectivity index (χ3v) is 2.90. The summed E-state index contributed by atoms with van der Waals surface area (Å²) in [6, 6.07) is 14.0. The smallest absolute Gasteiger partial charge is 0.259 e. The number of hydrogen-bond donors (Lipinski definition) is 1. The van der Waals surface area contributed by atoms with Gasteiger partial charge in [0.25, 0.3) is 5.91 Å². The van der Waals surface area contributed by atoms with E-state index in [9.17, 15) is 9.90 Å². The van der Waals surface area contributed by atoms with Gasteiger partial charge in [0.05, 0.1) is 17.7 Å². The van der Waals surface area contributed by atoms with Crippen molar-refractivity contribution in [3.05, 3.63) is 42.0 Å². The summed E-state index contributed by atoms with van der Waals surface area (Å²) in [6.07, 6.45) is 0. The van der Waals surface area contributed by atoms with E-state index in [2.05, 4.69) is 0 Å². The van der Waals surface area contributed by atoms with Crippen molar-refractivity contribution in [3.63, 3.8) is 0 Å². The van der Waals surface area contributed by atoms with Crippen LogP contribution >= 0.6 is 0 Å². The van der Waals surface area contributed by atoms with Gasteiger partial charge in [0.2, 0.25) is 0 Å². The first-order valence-electron chi connectivity index (χ1n) is 5.92. The summed E-state index contributed by atoms with van der Waals surface area (Å²) in [5.74, 6) is -0.689. The van der Waals surface area contributed by atoms with Gasteiger partial charge in [-0.25, -0.2) is 0 Å². The quantitative estimate of drug-likeness (QED) is 0.860. The van der Waals surface area contributed by atoms with Gasteiger partial charge >= 0.3 is 0 Å². The molecule has 5 nitrogen and oxygen atoms in total. The minimum absolute atomic E-state index is 0.0919. The number of aromatic hydroxyl groups is 1. The molecule has 0 aliphatic carbocycles. The van der Waals surface area contributed by atoms with Gasteiger partial charge in [-0.05, 0) is 22.9 Å². The molecule has 0 bridgehead atoms. The Morgan fingerprint density at radius 1 is 1.10 bits per heavy atom. The molecule has 1 N–H and O–H groups in total. The molecule has 0 saturated carbocycles. The number of rotatable bonds is 3. The topological polar surface area (TPSA) is 88.1 Å². The van der Waals surface area contributed by atoms with Crippen LogP contribution in [0.3, 0.4) is 0 Å². The Kier molecular flexibility index (Phi) is 3.83. The molecule has 0 aliphatic rings. The second-order valence-corrected chi connectivity index (χ2v) is 4.19. The number of benzene rings is 2. The van der Waals surface area contributed by atoms with E-state index < -0.39 is 5.91 Å². The van der Waals surface area contributed by atoms with Crippen LogP contribution in [0, 0.1) is 22.7 Å². The van der Waals surface area contributed by atoms with E-state index in [-0.39, 0.29) is 24.4 Å². The van der Waals surface area contributed by atoms with Crippen LogP contribution in [-0.4, -0.2) is 29.0 Å². The highest BCUT2D eigenvalue weighted by atomic mass is 16.3. The third-order valence-electron chi connectivity index (χ3n) is 2.90. The van der Waals surface area contributed by atoms with Crippen molar-refractivity contribution in [2.75, 3.05) is 13.1 Å². The summed E-state index contributed by atoms with van der Waals surface area (Å²) in [5.41, 5.74) is 0.0919. The van der Waals surface area contributed by atoms with Crippen molar-refractivity contribution in [1.82, 2.24) is 4.90 Å². The number of carbonyl (C=O) groups excluding carboxylic acids is 1. The highest BCUT2D eigenvalue weighted by Crippen LogP contribution is 2.26. The minimum atomic E-state index is -0.531. The lowest BCUT2D eigenvalue weighted by Gasteiger charge is -2.16. The molecule has 0 spiro atoms. The predicted molar refractivity (Wildman–Crippen MR) is 72.7 cm³/mol. The van der Waals surface area contributed by atoms with Crippen LogP contribution in [0.15, 0.2) is 36.4 Å². The predicted octanol–water partition coefficient (Wildman–Crippen LogP) is 2.03. The highest BCUT2D eigenvalue weighted by molar-refractivity contribution is 6.01. The fourth-order valence-corrected chi connectivity index (χ4v) is 1.94. The largest absolute Gasteiger partial charge is 0.507 e.